The van der Waals surface area contributed by atoms with Crippen molar-refractivity contribution in [1.29, 1.82) is 0 Å². The van der Waals surface area contributed by atoms with Gasteiger partial charge in [0.1, 0.15) is 15.4 Å². The molecule has 0 saturated heterocycles. The minimum Gasteiger partial charge on any atom is -0.370 e. The number of Topliss-reactive ketones (excluding diaryl/α,β-unsaturated/α-hetero) is 1. The lowest BCUT2D eigenvalue weighted by Crippen LogP contribution is -2.43. The fourth-order valence-electron chi connectivity index (χ4n) is 2.23. The van der Waals surface area contributed by atoms with E-state index in [1.54, 1.807) is 7.11 Å². The smallest absolute Gasteiger partial charge is 0.165 e. The summed E-state index contributed by atoms with van der Waals surface area (Å²) in [7, 11) is -1.52. The molecule has 5 heteroatoms. The van der Waals surface area contributed by atoms with Gasteiger partial charge in [0, 0.05) is 19.8 Å². The number of methoxy groups -OCH3 is 1. The average Bonchev–Trinajstić information content (AvgIpc) is 2.25. The van der Waals surface area contributed by atoms with Gasteiger partial charge in [0.05, 0.1) is 5.75 Å². The number of hydrogen-bond donors (Lipinski definition) is 0. The summed E-state index contributed by atoms with van der Waals surface area (Å²) < 4.78 is 27.4. The van der Waals surface area contributed by atoms with Gasteiger partial charge in [0.25, 0.3) is 0 Å². The van der Waals surface area contributed by atoms with Gasteiger partial charge >= 0.3 is 0 Å². The molecule has 1 aliphatic carbocycles. The fourth-order valence-corrected chi connectivity index (χ4v) is 2.78. The summed E-state index contributed by atoms with van der Waals surface area (Å²) in [4.78, 5) is 12.0. The summed E-state index contributed by atoms with van der Waals surface area (Å²) in [6, 6.07) is 0. The van der Waals surface area contributed by atoms with Gasteiger partial charge in [-0.3, -0.25) is 4.79 Å². The molecule has 16 heavy (non-hydrogen) atoms. The van der Waals surface area contributed by atoms with Crippen LogP contribution in [0.3, 0.4) is 0 Å². The lowest BCUT2D eigenvalue weighted by molar-refractivity contribution is -0.144. The van der Waals surface area contributed by atoms with Crippen molar-refractivity contribution < 1.29 is 17.9 Å². The Hall–Kier alpha value is -0.420. The van der Waals surface area contributed by atoms with Gasteiger partial charge in [-0.15, -0.1) is 0 Å². The first-order valence-corrected chi connectivity index (χ1v) is 7.72. The number of ether oxygens (including phenoxy) is 1. The summed E-state index contributed by atoms with van der Waals surface area (Å²) in [5, 5.41) is 0. The molecule has 94 valence electrons. The highest BCUT2D eigenvalue weighted by atomic mass is 32.2. The topological polar surface area (TPSA) is 60.4 Å². The monoisotopic (exact) mass is 248 g/mol. The summed E-state index contributed by atoms with van der Waals surface area (Å²) in [5.74, 6) is -0.128. The van der Waals surface area contributed by atoms with Crippen LogP contribution >= 0.6 is 0 Å². The van der Waals surface area contributed by atoms with E-state index < -0.39 is 15.4 Å². The number of rotatable bonds is 5. The number of carbonyl (C=O) groups excluding carboxylic acids is 1. The highest BCUT2D eigenvalue weighted by molar-refractivity contribution is 7.90. The number of sulfone groups is 1. The predicted molar refractivity (Wildman–Crippen MR) is 62.2 cm³/mol. The second kappa shape index (κ2) is 5.27. The molecule has 1 fully saturated rings. The Kier molecular flexibility index (Phi) is 4.50. The maximum atomic E-state index is 12.0. The molecule has 0 unspecified atom stereocenters. The first kappa shape index (κ1) is 13.6. The van der Waals surface area contributed by atoms with Crippen LogP contribution in [-0.2, 0) is 19.4 Å². The Balaban J connectivity index is 2.62. The van der Waals surface area contributed by atoms with Crippen LogP contribution in [0.15, 0.2) is 0 Å². The molecular weight excluding hydrogens is 228 g/mol. The molecule has 1 aliphatic rings. The molecular formula is C11H20O4S. The largest absolute Gasteiger partial charge is 0.370 e. The maximum absolute atomic E-state index is 12.0. The van der Waals surface area contributed by atoms with Crippen LogP contribution in [0.2, 0.25) is 0 Å². The van der Waals surface area contributed by atoms with Crippen LogP contribution in [-0.4, -0.2) is 38.9 Å². The minimum atomic E-state index is -3.07. The van der Waals surface area contributed by atoms with Crippen molar-refractivity contribution in [3.8, 4) is 0 Å². The minimum absolute atomic E-state index is 0.0554. The Morgan fingerprint density at radius 3 is 2.25 bits per heavy atom. The summed E-state index contributed by atoms with van der Waals surface area (Å²) in [6.45, 7) is 0. The zero-order chi connectivity index (χ0) is 12.2. The van der Waals surface area contributed by atoms with E-state index in [0.29, 0.717) is 0 Å². The maximum Gasteiger partial charge on any atom is 0.165 e. The third kappa shape index (κ3) is 3.56. The summed E-state index contributed by atoms with van der Waals surface area (Å²) in [5.41, 5.74) is -0.705. The first-order valence-electron chi connectivity index (χ1n) is 5.66. The Bertz CT molecular complexity index is 339. The van der Waals surface area contributed by atoms with Crippen molar-refractivity contribution >= 4 is 15.6 Å². The van der Waals surface area contributed by atoms with E-state index in [-0.39, 0.29) is 18.0 Å². The van der Waals surface area contributed by atoms with E-state index in [0.717, 1.165) is 38.4 Å². The van der Waals surface area contributed by atoms with E-state index in [1.165, 1.54) is 0 Å². The molecule has 0 N–H and O–H groups in total. The molecule has 0 bridgehead atoms. The van der Waals surface area contributed by atoms with Gasteiger partial charge in [0.15, 0.2) is 5.78 Å². The highest BCUT2D eigenvalue weighted by Crippen LogP contribution is 2.32. The van der Waals surface area contributed by atoms with Gasteiger partial charge in [-0.2, -0.15) is 0 Å². The zero-order valence-electron chi connectivity index (χ0n) is 9.99. The molecule has 0 amide bonds. The lowest BCUT2D eigenvalue weighted by Gasteiger charge is -2.34. The van der Waals surface area contributed by atoms with Crippen molar-refractivity contribution in [3.63, 3.8) is 0 Å². The van der Waals surface area contributed by atoms with Gasteiger partial charge in [-0.25, -0.2) is 8.42 Å². The van der Waals surface area contributed by atoms with Crippen LogP contribution in [0.4, 0.5) is 0 Å². The molecule has 1 rings (SSSR count). The standard InChI is InChI=1S/C11H20O4S/c1-15-11(7-4-3-5-8-11)10(12)6-9-16(2,13)14/h3-9H2,1-2H3. The van der Waals surface area contributed by atoms with E-state index in [4.69, 9.17) is 4.74 Å². The van der Waals surface area contributed by atoms with Gasteiger partial charge < -0.3 is 4.74 Å². The third-order valence-corrected chi connectivity index (χ3v) is 4.21. The number of ketones is 1. The van der Waals surface area contributed by atoms with E-state index >= 15 is 0 Å². The van der Waals surface area contributed by atoms with E-state index in [2.05, 4.69) is 0 Å². The van der Waals surface area contributed by atoms with Gasteiger partial charge in [0.2, 0.25) is 0 Å². The molecule has 0 radical (unpaired) electrons. The molecule has 0 aromatic heterocycles. The second-order valence-corrected chi connectivity index (χ2v) is 6.82. The Labute approximate surface area is 97.3 Å². The highest BCUT2D eigenvalue weighted by Gasteiger charge is 2.38. The summed E-state index contributed by atoms with van der Waals surface area (Å²) in [6.07, 6.45) is 5.78. The van der Waals surface area contributed by atoms with Crippen LogP contribution in [0.25, 0.3) is 0 Å². The average molecular weight is 248 g/mol. The van der Waals surface area contributed by atoms with Crippen molar-refractivity contribution in [2.75, 3.05) is 19.1 Å². The molecule has 0 heterocycles. The molecule has 0 aliphatic heterocycles. The van der Waals surface area contributed by atoms with Crippen molar-refractivity contribution in [2.45, 2.75) is 44.1 Å². The molecule has 4 nitrogen and oxygen atoms in total. The van der Waals surface area contributed by atoms with Crippen LogP contribution in [0.5, 0.6) is 0 Å². The normalized spacial score (nSPS) is 20.6. The Morgan fingerprint density at radius 2 is 1.81 bits per heavy atom. The van der Waals surface area contributed by atoms with Gasteiger partial charge in [-0.1, -0.05) is 19.3 Å². The van der Waals surface area contributed by atoms with Gasteiger partial charge in [-0.05, 0) is 12.8 Å². The van der Waals surface area contributed by atoms with Crippen molar-refractivity contribution in [1.82, 2.24) is 0 Å². The van der Waals surface area contributed by atoms with E-state index in [1.807, 2.05) is 0 Å². The SMILES string of the molecule is COC1(C(=O)CCS(C)(=O)=O)CCCCC1. The van der Waals surface area contributed by atoms with Crippen molar-refractivity contribution in [3.05, 3.63) is 0 Å². The molecule has 0 aromatic rings. The van der Waals surface area contributed by atoms with Crippen LogP contribution in [0, 0.1) is 0 Å². The second-order valence-electron chi connectivity index (χ2n) is 4.56. The molecule has 1 saturated carbocycles. The zero-order valence-corrected chi connectivity index (χ0v) is 10.8. The van der Waals surface area contributed by atoms with Crippen LogP contribution < -0.4 is 0 Å². The quantitative estimate of drug-likeness (QED) is 0.736. The number of carbonyl (C=O) groups is 1. The van der Waals surface area contributed by atoms with E-state index in [9.17, 15) is 13.2 Å². The Morgan fingerprint density at radius 1 is 1.25 bits per heavy atom. The van der Waals surface area contributed by atoms with Crippen LogP contribution in [0.1, 0.15) is 38.5 Å². The molecule has 0 spiro atoms. The third-order valence-electron chi connectivity index (χ3n) is 3.26. The summed E-state index contributed by atoms with van der Waals surface area (Å²) >= 11 is 0. The predicted octanol–water partition coefficient (Wildman–Crippen LogP) is 1.34. The molecule has 0 atom stereocenters. The lowest BCUT2D eigenvalue weighted by atomic mass is 9.80. The fraction of sp³-hybridized carbons (Fsp3) is 0.909. The number of hydrogen-bond acceptors (Lipinski definition) is 4. The van der Waals surface area contributed by atoms with Crippen molar-refractivity contribution in [2.24, 2.45) is 0 Å². The molecule has 0 aromatic carbocycles. The first-order chi connectivity index (χ1) is 7.40.